The summed E-state index contributed by atoms with van der Waals surface area (Å²) in [6.07, 6.45) is 8.22. The molecule has 2 aromatic heterocycles. The van der Waals surface area contributed by atoms with Gasteiger partial charge in [0.15, 0.2) is 11.7 Å². The van der Waals surface area contributed by atoms with Gasteiger partial charge in [-0.25, -0.2) is 15.0 Å². The quantitative estimate of drug-likeness (QED) is 0.0871. The third-order valence-corrected chi connectivity index (χ3v) is 10.2. The molecular formula is C52H38N4O. The van der Waals surface area contributed by atoms with Gasteiger partial charge in [0.25, 0.3) is 0 Å². The Hall–Kier alpha value is -7.63. The van der Waals surface area contributed by atoms with Crippen LogP contribution in [0.25, 0.3) is 66.1 Å². The molecule has 272 valence electrons. The summed E-state index contributed by atoms with van der Waals surface area (Å²) in [5.74, 6) is 1.00. The highest BCUT2D eigenvalue weighted by molar-refractivity contribution is 6.16. The second kappa shape index (κ2) is 15.6. The van der Waals surface area contributed by atoms with E-state index in [0.717, 1.165) is 82.8 Å². The lowest BCUT2D eigenvalue weighted by molar-refractivity contribution is 0.669. The van der Waals surface area contributed by atoms with Crippen molar-refractivity contribution in [2.45, 2.75) is 6.92 Å². The van der Waals surface area contributed by atoms with Crippen LogP contribution in [0.2, 0.25) is 0 Å². The van der Waals surface area contributed by atoms with E-state index in [0.29, 0.717) is 11.7 Å². The smallest absolute Gasteiger partial charge is 0.161 e. The first-order valence-corrected chi connectivity index (χ1v) is 19.0. The van der Waals surface area contributed by atoms with Crippen molar-refractivity contribution < 1.29 is 4.42 Å². The van der Waals surface area contributed by atoms with E-state index in [4.69, 9.17) is 14.4 Å². The van der Waals surface area contributed by atoms with Crippen LogP contribution in [0.15, 0.2) is 220 Å². The van der Waals surface area contributed by atoms with Crippen LogP contribution in [0.4, 0.5) is 0 Å². The van der Waals surface area contributed by atoms with Gasteiger partial charge in [0, 0.05) is 38.2 Å². The van der Waals surface area contributed by atoms with E-state index in [1.807, 2.05) is 98.1 Å². The number of allylic oxidation sites excluding steroid dienone is 5. The Kier molecular flexibility index (Phi) is 9.61. The summed E-state index contributed by atoms with van der Waals surface area (Å²) in [6, 6.07) is 60.3. The molecule has 5 nitrogen and oxygen atoms in total. The maximum Gasteiger partial charge on any atom is 0.161 e. The number of aliphatic imine (C=N–C) groups is 3. The second-order valence-electron chi connectivity index (χ2n) is 13.7. The van der Waals surface area contributed by atoms with E-state index in [9.17, 15) is 0 Å². The number of hydrogen-bond acceptors (Lipinski definition) is 2. The summed E-state index contributed by atoms with van der Waals surface area (Å²) >= 11 is 0. The van der Waals surface area contributed by atoms with E-state index in [-0.39, 0.29) is 0 Å². The number of furan rings is 1. The molecular weight excluding hydrogens is 697 g/mol. The number of aromatic nitrogens is 1. The Balaban J connectivity index is 1.32. The Morgan fingerprint density at radius 2 is 1.11 bits per heavy atom. The van der Waals surface area contributed by atoms with Crippen LogP contribution < -0.4 is 0 Å². The van der Waals surface area contributed by atoms with Crippen LogP contribution in [-0.4, -0.2) is 23.0 Å². The van der Waals surface area contributed by atoms with Crippen molar-refractivity contribution in [3.8, 4) is 11.1 Å². The first-order chi connectivity index (χ1) is 28.2. The maximum absolute atomic E-state index is 6.32. The van der Waals surface area contributed by atoms with Gasteiger partial charge in [-0.3, -0.25) is 0 Å². The molecule has 0 saturated carbocycles. The van der Waals surface area contributed by atoms with Gasteiger partial charge in [-0.1, -0.05) is 164 Å². The number of nitrogens with zero attached hydrogens (tertiary/aromatic N) is 4. The zero-order valence-corrected chi connectivity index (χ0v) is 31.5. The van der Waals surface area contributed by atoms with E-state index >= 15 is 0 Å². The van der Waals surface area contributed by atoms with Gasteiger partial charge in [0.2, 0.25) is 0 Å². The van der Waals surface area contributed by atoms with E-state index in [2.05, 4.69) is 125 Å². The van der Waals surface area contributed by atoms with E-state index in [1.165, 1.54) is 0 Å². The Bertz CT molecular complexity index is 3070. The minimum atomic E-state index is 0.490. The topological polar surface area (TPSA) is 55.1 Å². The Morgan fingerprint density at radius 1 is 0.544 bits per heavy atom. The van der Waals surface area contributed by atoms with Crippen molar-refractivity contribution in [3.63, 3.8) is 0 Å². The summed E-state index contributed by atoms with van der Waals surface area (Å²) < 4.78 is 8.65. The van der Waals surface area contributed by atoms with Gasteiger partial charge >= 0.3 is 0 Å². The van der Waals surface area contributed by atoms with E-state index in [1.54, 1.807) is 0 Å². The molecule has 0 atom stereocenters. The summed E-state index contributed by atoms with van der Waals surface area (Å²) in [6.45, 7) is 5.90. The van der Waals surface area contributed by atoms with Crippen LogP contribution in [0.1, 0.15) is 23.6 Å². The summed E-state index contributed by atoms with van der Waals surface area (Å²) in [5, 5.41) is 4.50. The number of fused-ring (bicyclic) bond motifs is 6. The van der Waals surface area contributed by atoms with Crippen LogP contribution in [0.5, 0.6) is 0 Å². The normalized spacial score (nSPS) is 13.1. The highest BCUT2D eigenvalue weighted by Gasteiger charge is 2.19. The summed E-state index contributed by atoms with van der Waals surface area (Å²) in [4.78, 5) is 14.6. The number of benzene rings is 7. The van der Waals surface area contributed by atoms with Crippen LogP contribution in [0, 0.1) is 0 Å². The molecule has 0 spiro atoms. The van der Waals surface area contributed by atoms with Crippen LogP contribution in [-0.2, 0) is 0 Å². The lowest BCUT2D eigenvalue weighted by atomic mass is 10.0. The summed E-state index contributed by atoms with van der Waals surface area (Å²) in [7, 11) is 0. The van der Waals surface area contributed by atoms with Gasteiger partial charge in [-0.15, -0.1) is 0 Å². The van der Waals surface area contributed by atoms with Gasteiger partial charge < -0.3 is 8.98 Å². The first-order valence-electron chi connectivity index (χ1n) is 19.0. The molecule has 0 radical (unpaired) electrons. The van der Waals surface area contributed by atoms with Crippen molar-refractivity contribution in [2.24, 2.45) is 15.0 Å². The molecule has 5 heteroatoms. The fraction of sp³-hybridized carbons (Fsp3) is 0.0192. The average Bonchev–Trinajstić information content (AvgIpc) is 3.81. The molecule has 0 aliphatic rings. The molecule has 0 aliphatic carbocycles. The van der Waals surface area contributed by atoms with Gasteiger partial charge in [0.1, 0.15) is 11.2 Å². The monoisotopic (exact) mass is 734 g/mol. The summed E-state index contributed by atoms with van der Waals surface area (Å²) in [5.41, 5.74) is 10.6. The first kappa shape index (κ1) is 35.1. The lowest BCUT2D eigenvalue weighted by Crippen LogP contribution is -2.05. The molecule has 57 heavy (non-hydrogen) atoms. The highest BCUT2D eigenvalue weighted by atomic mass is 16.3. The molecule has 9 rings (SSSR count). The SMILES string of the molecule is C=N\C(=N/C(=N\C=C(/C(=C\C=C\C)c1ccccc1)n1c2ccccc2c2ccc(-c3ccc4c(c3)oc3ccccc34)cc21)c1ccccc1)c1ccccc1. The molecule has 0 fully saturated rings. The molecule has 0 N–H and O–H groups in total. The molecule has 0 saturated heterocycles. The van der Waals surface area contributed by atoms with Crippen molar-refractivity contribution in [3.05, 3.63) is 217 Å². The standard InChI is InChI=1S/C52H38N4O/c1-3-4-24-41(36-18-8-5-9-19-36)48(35-54-52(38-22-12-7-13-23-38)55-51(53-2)37-20-10-6-11-21-37)56-46-27-16-14-25-42(46)43-31-29-39(33-47(43)56)40-30-32-45-44-26-15-17-28-49(44)57-50(45)34-40/h3-35H,2H2,1H3/b4-3+,41-24-,48-35+,54-52-,55-51-. The Morgan fingerprint density at radius 3 is 1.81 bits per heavy atom. The fourth-order valence-electron chi connectivity index (χ4n) is 7.46. The number of amidine groups is 2. The van der Waals surface area contributed by atoms with E-state index < -0.39 is 0 Å². The van der Waals surface area contributed by atoms with Crippen LogP contribution in [0.3, 0.4) is 0 Å². The average molecular weight is 735 g/mol. The molecule has 7 aromatic carbocycles. The van der Waals surface area contributed by atoms with Gasteiger partial charge in [-0.05, 0) is 60.7 Å². The molecule has 2 heterocycles. The van der Waals surface area contributed by atoms with Gasteiger partial charge in [-0.2, -0.15) is 0 Å². The zero-order chi connectivity index (χ0) is 38.6. The number of para-hydroxylation sites is 2. The largest absolute Gasteiger partial charge is 0.456 e. The molecule has 0 bridgehead atoms. The van der Waals surface area contributed by atoms with Crippen molar-refractivity contribution in [1.29, 1.82) is 0 Å². The maximum atomic E-state index is 6.32. The minimum Gasteiger partial charge on any atom is -0.456 e. The van der Waals surface area contributed by atoms with Crippen molar-refractivity contribution in [2.75, 3.05) is 0 Å². The van der Waals surface area contributed by atoms with Crippen LogP contribution >= 0.6 is 0 Å². The third kappa shape index (κ3) is 6.83. The number of hydrogen-bond donors (Lipinski definition) is 0. The molecule has 0 aliphatic heterocycles. The Labute approximate surface area is 331 Å². The predicted molar refractivity (Wildman–Crippen MR) is 241 cm³/mol. The third-order valence-electron chi connectivity index (χ3n) is 10.2. The second-order valence-corrected chi connectivity index (χ2v) is 13.7. The number of rotatable bonds is 8. The fourth-order valence-corrected chi connectivity index (χ4v) is 7.46. The van der Waals surface area contributed by atoms with Crippen molar-refractivity contribution in [1.82, 2.24) is 4.57 Å². The molecule has 9 aromatic rings. The lowest BCUT2D eigenvalue weighted by Gasteiger charge is -2.17. The molecule has 0 amide bonds. The molecule has 0 unspecified atom stereocenters. The van der Waals surface area contributed by atoms with Gasteiger partial charge in [0.05, 0.1) is 22.9 Å². The minimum absolute atomic E-state index is 0.490. The highest BCUT2D eigenvalue weighted by Crippen LogP contribution is 2.40. The predicted octanol–water partition coefficient (Wildman–Crippen LogP) is 13.4. The zero-order valence-electron chi connectivity index (χ0n) is 31.5. The van der Waals surface area contributed by atoms with Crippen molar-refractivity contribution >= 4 is 73.4 Å².